The number of aryl methyl sites for hydroxylation is 1. The molecular formula is C19H20ClN3O2S. The van der Waals surface area contributed by atoms with Crippen molar-refractivity contribution >= 4 is 28.8 Å². The fraction of sp³-hybridized carbons (Fsp3) is 0.316. The molecule has 0 spiro atoms. The third kappa shape index (κ3) is 5.68. The molecule has 5 nitrogen and oxygen atoms in total. The Balaban J connectivity index is 1.28. The number of aromatic nitrogens is 2. The third-order valence-electron chi connectivity index (χ3n) is 3.88. The van der Waals surface area contributed by atoms with E-state index in [-0.39, 0.29) is 5.91 Å². The van der Waals surface area contributed by atoms with Crippen molar-refractivity contribution in [1.29, 1.82) is 0 Å². The van der Waals surface area contributed by atoms with Crippen molar-refractivity contribution in [3.63, 3.8) is 0 Å². The van der Waals surface area contributed by atoms with Crippen LogP contribution in [0.15, 0.2) is 46.3 Å². The van der Waals surface area contributed by atoms with Gasteiger partial charge >= 0.3 is 0 Å². The Morgan fingerprint density at radius 2 is 2.00 bits per heavy atom. The van der Waals surface area contributed by atoms with Gasteiger partial charge < -0.3 is 9.84 Å². The second-order valence-electron chi connectivity index (χ2n) is 5.95. The first-order chi connectivity index (χ1) is 12.7. The second kappa shape index (κ2) is 9.50. The highest BCUT2D eigenvalue weighted by atomic mass is 35.5. The fourth-order valence-corrected chi connectivity index (χ4v) is 3.29. The lowest BCUT2D eigenvalue weighted by Gasteiger charge is -2.05. The van der Waals surface area contributed by atoms with Crippen LogP contribution in [0.2, 0.25) is 5.02 Å². The van der Waals surface area contributed by atoms with Crippen molar-refractivity contribution in [2.45, 2.75) is 32.1 Å². The Hall–Kier alpha value is -2.18. The number of halogens is 1. The molecule has 0 aliphatic heterocycles. The maximum atomic E-state index is 11.9. The highest BCUT2D eigenvalue weighted by Crippen LogP contribution is 2.21. The van der Waals surface area contributed by atoms with Gasteiger partial charge in [-0.05, 0) is 42.0 Å². The molecule has 1 N–H and O–H groups in total. The van der Waals surface area contributed by atoms with Gasteiger partial charge in [0.1, 0.15) is 0 Å². The normalized spacial score (nSPS) is 10.8. The predicted molar refractivity (Wildman–Crippen MR) is 103 cm³/mol. The van der Waals surface area contributed by atoms with Crippen LogP contribution < -0.4 is 5.32 Å². The zero-order chi connectivity index (χ0) is 18.2. The van der Waals surface area contributed by atoms with Gasteiger partial charge in [-0.25, -0.2) is 0 Å². The molecule has 2 heterocycles. The molecule has 0 atom stereocenters. The van der Waals surface area contributed by atoms with Crippen molar-refractivity contribution in [2.75, 3.05) is 6.54 Å². The number of nitrogens with one attached hydrogen (secondary N) is 1. The molecule has 0 unspecified atom stereocenters. The van der Waals surface area contributed by atoms with Crippen LogP contribution in [0.1, 0.15) is 30.7 Å². The molecule has 3 aromatic rings. The van der Waals surface area contributed by atoms with E-state index in [0.29, 0.717) is 29.7 Å². The largest absolute Gasteiger partial charge is 0.356 e. The van der Waals surface area contributed by atoms with Gasteiger partial charge in [0.05, 0.1) is 11.3 Å². The van der Waals surface area contributed by atoms with Gasteiger partial charge in [0.15, 0.2) is 0 Å². The van der Waals surface area contributed by atoms with Gasteiger partial charge in [0.25, 0.3) is 0 Å². The minimum Gasteiger partial charge on any atom is -0.356 e. The molecule has 0 fully saturated rings. The van der Waals surface area contributed by atoms with E-state index in [0.717, 1.165) is 36.1 Å². The van der Waals surface area contributed by atoms with Crippen molar-refractivity contribution in [2.24, 2.45) is 0 Å². The zero-order valence-electron chi connectivity index (χ0n) is 14.3. The van der Waals surface area contributed by atoms with Crippen LogP contribution in [0.3, 0.4) is 0 Å². The fourth-order valence-electron chi connectivity index (χ4n) is 2.52. The predicted octanol–water partition coefficient (Wildman–Crippen LogP) is 4.52. The third-order valence-corrected chi connectivity index (χ3v) is 4.99. The van der Waals surface area contributed by atoms with Gasteiger partial charge in [-0.2, -0.15) is 4.98 Å². The summed E-state index contributed by atoms with van der Waals surface area (Å²) in [6.07, 6.45) is 4.02. The number of rotatable bonds is 9. The average Bonchev–Trinajstić information content (AvgIpc) is 3.31. The van der Waals surface area contributed by atoms with Gasteiger partial charge in [0.2, 0.25) is 17.6 Å². The summed E-state index contributed by atoms with van der Waals surface area (Å²) in [5.41, 5.74) is 0.963. The number of unbranched alkanes of at least 4 members (excludes halogenated alkanes) is 2. The number of thiophene rings is 1. The van der Waals surface area contributed by atoms with Crippen molar-refractivity contribution in [3.05, 3.63) is 58.3 Å². The molecular weight excluding hydrogens is 370 g/mol. The van der Waals surface area contributed by atoms with Gasteiger partial charge in [-0.1, -0.05) is 41.4 Å². The Morgan fingerprint density at radius 3 is 2.77 bits per heavy atom. The lowest BCUT2D eigenvalue weighted by atomic mass is 10.1. The van der Waals surface area contributed by atoms with E-state index in [1.54, 1.807) is 23.5 Å². The summed E-state index contributed by atoms with van der Waals surface area (Å²) in [5.74, 6) is 1.36. The molecule has 3 rings (SSSR count). The number of nitrogens with zero attached hydrogens (tertiary/aromatic N) is 2. The molecule has 0 aliphatic carbocycles. The average molecular weight is 390 g/mol. The number of amides is 1. The van der Waals surface area contributed by atoms with E-state index in [1.165, 1.54) is 0 Å². The summed E-state index contributed by atoms with van der Waals surface area (Å²) in [6.45, 7) is 0.677. The topological polar surface area (TPSA) is 68.0 Å². The molecule has 1 aromatic carbocycles. The van der Waals surface area contributed by atoms with E-state index < -0.39 is 0 Å². The van der Waals surface area contributed by atoms with E-state index in [1.807, 2.05) is 29.6 Å². The van der Waals surface area contributed by atoms with Crippen molar-refractivity contribution < 1.29 is 9.32 Å². The Bertz CT molecular complexity index is 816. The van der Waals surface area contributed by atoms with Gasteiger partial charge in [0, 0.05) is 18.0 Å². The quantitative estimate of drug-likeness (QED) is 0.546. The Labute approximate surface area is 161 Å². The van der Waals surface area contributed by atoms with Crippen molar-refractivity contribution in [3.8, 4) is 10.7 Å². The van der Waals surface area contributed by atoms with E-state index >= 15 is 0 Å². The molecule has 2 aromatic heterocycles. The van der Waals surface area contributed by atoms with Crippen LogP contribution in [0.25, 0.3) is 10.7 Å². The molecule has 0 saturated carbocycles. The zero-order valence-corrected chi connectivity index (χ0v) is 15.9. The molecule has 0 bridgehead atoms. The Morgan fingerprint density at radius 1 is 1.15 bits per heavy atom. The number of hydrogen-bond acceptors (Lipinski definition) is 5. The smallest absolute Gasteiger partial charge is 0.226 e. The summed E-state index contributed by atoms with van der Waals surface area (Å²) in [6, 6.07) is 11.3. The summed E-state index contributed by atoms with van der Waals surface area (Å²) in [7, 11) is 0. The molecule has 0 radical (unpaired) electrons. The second-order valence-corrected chi connectivity index (χ2v) is 7.34. The molecule has 7 heteroatoms. The number of carbonyl (C=O) groups is 1. The van der Waals surface area contributed by atoms with E-state index in [4.69, 9.17) is 16.1 Å². The number of hydrogen-bond donors (Lipinski definition) is 1. The van der Waals surface area contributed by atoms with Crippen LogP contribution in [-0.2, 0) is 17.6 Å². The van der Waals surface area contributed by atoms with E-state index in [9.17, 15) is 4.79 Å². The van der Waals surface area contributed by atoms with E-state index in [2.05, 4.69) is 15.5 Å². The summed E-state index contributed by atoms with van der Waals surface area (Å²) >= 11 is 7.43. The number of carbonyl (C=O) groups excluding carboxylic acids is 1. The molecule has 1 amide bonds. The van der Waals surface area contributed by atoms with Crippen molar-refractivity contribution in [1.82, 2.24) is 15.5 Å². The van der Waals surface area contributed by atoms with Crippen LogP contribution >= 0.6 is 22.9 Å². The first-order valence-corrected chi connectivity index (χ1v) is 9.84. The van der Waals surface area contributed by atoms with Gasteiger partial charge in [-0.15, -0.1) is 11.3 Å². The SMILES string of the molecule is O=C(Cc1ccc(Cl)cc1)NCCCCCc1nc(-c2cccs2)no1. The highest BCUT2D eigenvalue weighted by molar-refractivity contribution is 7.13. The maximum Gasteiger partial charge on any atom is 0.226 e. The molecule has 0 aliphatic rings. The lowest BCUT2D eigenvalue weighted by Crippen LogP contribution is -2.26. The van der Waals surface area contributed by atoms with Crippen LogP contribution in [0.5, 0.6) is 0 Å². The summed E-state index contributed by atoms with van der Waals surface area (Å²) < 4.78 is 5.27. The molecule has 26 heavy (non-hydrogen) atoms. The Kier molecular flexibility index (Phi) is 6.80. The highest BCUT2D eigenvalue weighted by Gasteiger charge is 2.09. The minimum atomic E-state index is 0.0322. The summed E-state index contributed by atoms with van der Waals surface area (Å²) in [5, 5.41) is 9.62. The lowest BCUT2D eigenvalue weighted by molar-refractivity contribution is -0.120. The number of benzene rings is 1. The van der Waals surface area contributed by atoms with Gasteiger partial charge in [-0.3, -0.25) is 4.79 Å². The molecule has 136 valence electrons. The standard InChI is InChI=1S/C19H20ClN3O2S/c20-15-9-7-14(8-10-15)13-17(24)21-11-3-1-2-6-18-22-19(23-25-18)16-5-4-12-26-16/h4-5,7-10,12H,1-3,6,11,13H2,(H,21,24). The maximum absolute atomic E-state index is 11.9. The van der Waals surface area contributed by atoms with Crippen LogP contribution in [0.4, 0.5) is 0 Å². The van der Waals surface area contributed by atoms with Crippen LogP contribution in [-0.4, -0.2) is 22.6 Å². The van der Waals surface area contributed by atoms with Crippen LogP contribution in [0, 0.1) is 0 Å². The summed E-state index contributed by atoms with van der Waals surface area (Å²) in [4.78, 5) is 17.3. The first kappa shape index (κ1) is 18.6. The minimum absolute atomic E-state index is 0.0322. The monoisotopic (exact) mass is 389 g/mol. The molecule has 0 saturated heterocycles. The first-order valence-electron chi connectivity index (χ1n) is 8.58.